The predicted molar refractivity (Wildman–Crippen MR) is 51.5 cm³/mol. The third kappa shape index (κ3) is 5.25. The molecular formula is C10H23N. The van der Waals surface area contributed by atoms with Gasteiger partial charge in [-0.3, -0.25) is 0 Å². The van der Waals surface area contributed by atoms with Crippen LogP contribution in [0.2, 0.25) is 0 Å². The van der Waals surface area contributed by atoms with Crippen LogP contribution >= 0.6 is 0 Å². The van der Waals surface area contributed by atoms with Gasteiger partial charge in [0.2, 0.25) is 0 Å². The van der Waals surface area contributed by atoms with Crippen molar-refractivity contribution in [3.63, 3.8) is 0 Å². The molecule has 0 spiro atoms. The van der Waals surface area contributed by atoms with Crippen molar-refractivity contribution in [2.75, 3.05) is 6.54 Å². The summed E-state index contributed by atoms with van der Waals surface area (Å²) >= 11 is 0. The Hall–Kier alpha value is -0.0400. The normalized spacial score (nSPS) is 13.9. The van der Waals surface area contributed by atoms with Gasteiger partial charge in [-0.1, -0.05) is 40.0 Å². The van der Waals surface area contributed by atoms with Crippen LogP contribution in [0, 0.1) is 11.8 Å². The summed E-state index contributed by atoms with van der Waals surface area (Å²) in [5.41, 5.74) is 5.66. The maximum absolute atomic E-state index is 5.66. The van der Waals surface area contributed by atoms with E-state index in [-0.39, 0.29) is 0 Å². The van der Waals surface area contributed by atoms with Gasteiger partial charge < -0.3 is 5.73 Å². The van der Waals surface area contributed by atoms with Crippen LogP contribution in [0.1, 0.15) is 46.5 Å². The first-order valence-electron chi connectivity index (χ1n) is 4.92. The Morgan fingerprint density at radius 1 is 1.18 bits per heavy atom. The van der Waals surface area contributed by atoms with Crippen molar-refractivity contribution in [2.45, 2.75) is 46.5 Å². The zero-order chi connectivity index (χ0) is 8.69. The fraction of sp³-hybridized carbons (Fsp3) is 1.00. The van der Waals surface area contributed by atoms with Crippen molar-refractivity contribution in [3.05, 3.63) is 0 Å². The zero-order valence-corrected chi connectivity index (χ0v) is 8.27. The SMILES string of the molecule is CCCCCC(CN)C(C)C. The Morgan fingerprint density at radius 3 is 2.18 bits per heavy atom. The van der Waals surface area contributed by atoms with E-state index in [1.54, 1.807) is 0 Å². The second kappa shape index (κ2) is 6.66. The van der Waals surface area contributed by atoms with Crippen LogP contribution in [0.4, 0.5) is 0 Å². The van der Waals surface area contributed by atoms with Gasteiger partial charge in [0.05, 0.1) is 0 Å². The van der Waals surface area contributed by atoms with Crippen LogP contribution in [0.15, 0.2) is 0 Å². The summed E-state index contributed by atoms with van der Waals surface area (Å²) < 4.78 is 0. The molecular weight excluding hydrogens is 134 g/mol. The first-order valence-corrected chi connectivity index (χ1v) is 4.92. The van der Waals surface area contributed by atoms with Gasteiger partial charge in [0.1, 0.15) is 0 Å². The van der Waals surface area contributed by atoms with E-state index in [0.29, 0.717) is 0 Å². The fourth-order valence-corrected chi connectivity index (χ4v) is 1.38. The lowest BCUT2D eigenvalue weighted by molar-refractivity contribution is 0.356. The maximum atomic E-state index is 5.66. The Balaban J connectivity index is 3.36. The minimum absolute atomic E-state index is 0.751. The predicted octanol–water partition coefficient (Wildman–Crippen LogP) is 2.80. The highest BCUT2D eigenvalue weighted by molar-refractivity contribution is 4.63. The van der Waals surface area contributed by atoms with Crippen molar-refractivity contribution in [1.82, 2.24) is 0 Å². The summed E-state index contributed by atoms with van der Waals surface area (Å²) in [6.45, 7) is 7.64. The lowest BCUT2D eigenvalue weighted by Gasteiger charge is -2.17. The number of hydrogen-bond donors (Lipinski definition) is 1. The highest BCUT2D eigenvalue weighted by atomic mass is 14.5. The number of unbranched alkanes of at least 4 members (excludes halogenated alkanes) is 2. The Labute approximate surface area is 71.4 Å². The molecule has 0 aromatic carbocycles. The molecule has 0 fully saturated rings. The summed E-state index contributed by atoms with van der Waals surface area (Å²) in [7, 11) is 0. The molecule has 0 heterocycles. The average Bonchev–Trinajstić information content (AvgIpc) is 1.97. The van der Waals surface area contributed by atoms with Gasteiger partial charge in [0.15, 0.2) is 0 Å². The standard InChI is InChI=1S/C10H23N/c1-4-5-6-7-10(8-11)9(2)3/h9-10H,4-8,11H2,1-3H3. The van der Waals surface area contributed by atoms with Gasteiger partial charge >= 0.3 is 0 Å². The number of rotatable bonds is 6. The van der Waals surface area contributed by atoms with Gasteiger partial charge in [0.25, 0.3) is 0 Å². The molecule has 1 unspecified atom stereocenters. The van der Waals surface area contributed by atoms with Crippen molar-refractivity contribution in [1.29, 1.82) is 0 Å². The van der Waals surface area contributed by atoms with E-state index in [4.69, 9.17) is 5.73 Å². The van der Waals surface area contributed by atoms with Gasteiger partial charge in [-0.15, -0.1) is 0 Å². The van der Waals surface area contributed by atoms with Gasteiger partial charge in [-0.2, -0.15) is 0 Å². The van der Waals surface area contributed by atoms with Crippen LogP contribution in [-0.4, -0.2) is 6.54 Å². The van der Waals surface area contributed by atoms with E-state index in [0.717, 1.165) is 18.4 Å². The molecule has 0 aromatic rings. The molecule has 0 aliphatic carbocycles. The van der Waals surface area contributed by atoms with Gasteiger partial charge in [-0.05, 0) is 24.8 Å². The molecule has 1 atom stereocenters. The van der Waals surface area contributed by atoms with Crippen molar-refractivity contribution in [3.8, 4) is 0 Å². The number of hydrogen-bond acceptors (Lipinski definition) is 1. The highest BCUT2D eigenvalue weighted by Gasteiger charge is 2.09. The molecule has 68 valence electrons. The molecule has 0 radical (unpaired) electrons. The summed E-state index contributed by atoms with van der Waals surface area (Å²) in [5.74, 6) is 1.51. The average molecular weight is 157 g/mol. The highest BCUT2D eigenvalue weighted by Crippen LogP contribution is 2.16. The molecule has 0 aliphatic rings. The number of nitrogens with two attached hydrogens (primary N) is 1. The molecule has 0 rings (SSSR count). The first kappa shape index (κ1) is 11.0. The van der Waals surface area contributed by atoms with E-state index in [2.05, 4.69) is 20.8 Å². The minimum Gasteiger partial charge on any atom is -0.330 e. The topological polar surface area (TPSA) is 26.0 Å². The summed E-state index contributed by atoms with van der Waals surface area (Å²) in [6.07, 6.45) is 5.36. The van der Waals surface area contributed by atoms with E-state index >= 15 is 0 Å². The van der Waals surface area contributed by atoms with E-state index in [9.17, 15) is 0 Å². The molecule has 0 saturated carbocycles. The van der Waals surface area contributed by atoms with Crippen LogP contribution in [0.3, 0.4) is 0 Å². The third-order valence-corrected chi connectivity index (χ3v) is 2.42. The van der Waals surface area contributed by atoms with Gasteiger partial charge in [-0.25, -0.2) is 0 Å². The molecule has 2 N–H and O–H groups in total. The van der Waals surface area contributed by atoms with Crippen LogP contribution in [-0.2, 0) is 0 Å². The smallest absolute Gasteiger partial charge is 0.00464 e. The van der Waals surface area contributed by atoms with E-state index < -0.39 is 0 Å². The van der Waals surface area contributed by atoms with Crippen molar-refractivity contribution < 1.29 is 0 Å². The largest absolute Gasteiger partial charge is 0.330 e. The van der Waals surface area contributed by atoms with Crippen LogP contribution in [0.25, 0.3) is 0 Å². The molecule has 0 aromatic heterocycles. The summed E-state index contributed by atoms with van der Waals surface area (Å²) in [6, 6.07) is 0. The van der Waals surface area contributed by atoms with Gasteiger partial charge in [0, 0.05) is 0 Å². The second-order valence-electron chi connectivity index (χ2n) is 3.74. The molecule has 0 bridgehead atoms. The Bertz CT molecular complexity index is 78.9. The minimum atomic E-state index is 0.751. The van der Waals surface area contributed by atoms with Crippen molar-refractivity contribution >= 4 is 0 Å². The summed E-state index contributed by atoms with van der Waals surface area (Å²) in [5, 5.41) is 0. The molecule has 11 heavy (non-hydrogen) atoms. The van der Waals surface area contributed by atoms with Crippen LogP contribution < -0.4 is 5.73 Å². The lowest BCUT2D eigenvalue weighted by Crippen LogP contribution is -2.19. The van der Waals surface area contributed by atoms with Crippen molar-refractivity contribution in [2.24, 2.45) is 17.6 Å². The Morgan fingerprint density at radius 2 is 1.82 bits per heavy atom. The molecule has 1 heteroatoms. The lowest BCUT2D eigenvalue weighted by atomic mass is 9.90. The fourth-order valence-electron chi connectivity index (χ4n) is 1.38. The zero-order valence-electron chi connectivity index (χ0n) is 8.27. The maximum Gasteiger partial charge on any atom is -0.00464 e. The van der Waals surface area contributed by atoms with E-state index in [1.165, 1.54) is 25.7 Å². The van der Waals surface area contributed by atoms with E-state index in [1.807, 2.05) is 0 Å². The molecule has 0 saturated heterocycles. The molecule has 0 aliphatic heterocycles. The third-order valence-electron chi connectivity index (χ3n) is 2.42. The molecule has 1 nitrogen and oxygen atoms in total. The monoisotopic (exact) mass is 157 g/mol. The first-order chi connectivity index (χ1) is 5.22. The second-order valence-corrected chi connectivity index (χ2v) is 3.74. The molecule has 0 amide bonds. The Kier molecular flexibility index (Phi) is 6.63. The quantitative estimate of drug-likeness (QED) is 0.589. The van der Waals surface area contributed by atoms with Crippen LogP contribution in [0.5, 0.6) is 0 Å². The summed E-state index contributed by atoms with van der Waals surface area (Å²) in [4.78, 5) is 0.